The van der Waals surface area contributed by atoms with Gasteiger partial charge in [0.25, 0.3) is 0 Å². The van der Waals surface area contributed by atoms with E-state index in [-0.39, 0.29) is 0 Å². The molecule has 148 valence electrons. The molecule has 1 aromatic carbocycles. The Hall–Kier alpha value is -2.44. The Morgan fingerprint density at radius 2 is 1.86 bits per heavy atom. The lowest BCUT2D eigenvalue weighted by Gasteiger charge is -2.27. The van der Waals surface area contributed by atoms with Crippen LogP contribution in [-0.4, -0.2) is 40.1 Å². The Kier molecular flexibility index (Phi) is 4.97. The Morgan fingerprint density at radius 1 is 1.00 bits per heavy atom. The van der Waals surface area contributed by atoms with Crippen LogP contribution < -0.4 is 4.74 Å². The number of aromatic nitrogens is 3. The molecule has 1 aliphatic heterocycles. The van der Waals surface area contributed by atoms with Crippen molar-refractivity contribution in [2.45, 2.75) is 25.8 Å². The first-order valence-corrected chi connectivity index (χ1v) is 10.8. The molecule has 1 aliphatic rings. The normalized spacial score (nSPS) is 15.2. The summed E-state index contributed by atoms with van der Waals surface area (Å²) in [6.07, 6.45) is 7.69. The molecule has 29 heavy (non-hydrogen) atoms. The van der Waals surface area contributed by atoms with Gasteiger partial charge < -0.3 is 9.72 Å². The molecule has 4 heterocycles. The molecule has 3 aromatic heterocycles. The minimum Gasteiger partial charge on any atom is -0.496 e. The van der Waals surface area contributed by atoms with Gasteiger partial charge in [-0.3, -0.25) is 4.90 Å². The lowest BCUT2D eigenvalue weighted by Crippen LogP contribution is -2.29. The van der Waals surface area contributed by atoms with Crippen LogP contribution in [0.1, 0.15) is 24.8 Å². The summed E-state index contributed by atoms with van der Waals surface area (Å²) in [5.74, 6) is 0.944. The maximum absolute atomic E-state index is 5.74. The molecule has 4 aromatic rings. The zero-order valence-corrected chi connectivity index (χ0v) is 18.0. The predicted octanol–water partition coefficient (Wildman–Crippen LogP) is 5.54. The van der Waals surface area contributed by atoms with Gasteiger partial charge in [0, 0.05) is 34.6 Å². The van der Waals surface area contributed by atoms with Crippen molar-refractivity contribution in [1.82, 2.24) is 19.9 Å². The number of piperidine rings is 1. The number of hydrogen-bond acceptors (Lipinski definition) is 4. The van der Waals surface area contributed by atoms with E-state index in [1.54, 1.807) is 7.11 Å². The second-order valence-corrected chi connectivity index (χ2v) is 8.47. The second-order valence-electron chi connectivity index (χ2n) is 7.66. The fourth-order valence-electron chi connectivity index (χ4n) is 4.22. The quantitative estimate of drug-likeness (QED) is 0.415. The van der Waals surface area contributed by atoms with Crippen LogP contribution in [0, 0.1) is 0 Å². The Labute approximate surface area is 178 Å². The van der Waals surface area contributed by atoms with Crippen LogP contribution in [0.25, 0.3) is 33.1 Å². The summed E-state index contributed by atoms with van der Waals surface area (Å²) in [7, 11) is 1.75. The maximum Gasteiger partial charge on any atom is 0.138 e. The molecule has 1 fully saturated rings. The minimum absolute atomic E-state index is 0.819. The van der Waals surface area contributed by atoms with E-state index in [0.717, 1.165) is 50.0 Å². The number of halogens is 1. The lowest BCUT2D eigenvalue weighted by atomic mass is 10.0. The summed E-state index contributed by atoms with van der Waals surface area (Å²) in [6.45, 7) is 3.30. The number of nitrogens with one attached hydrogen (secondary N) is 1. The van der Waals surface area contributed by atoms with Gasteiger partial charge >= 0.3 is 0 Å². The molecule has 0 amide bonds. The molecule has 0 radical (unpaired) electrons. The maximum atomic E-state index is 5.74. The van der Waals surface area contributed by atoms with E-state index >= 15 is 0 Å². The van der Waals surface area contributed by atoms with E-state index in [1.807, 2.05) is 18.5 Å². The van der Waals surface area contributed by atoms with Crippen LogP contribution in [0.3, 0.4) is 0 Å². The van der Waals surface area contributed by atoms with Crippen LogP contribution in [-0.2, 0) is 6.54 Å². The Bertz CT molecular complexity index is 1180. The summed E-state index contributed by atoms with van der Waals surface area (Å²) < 4.78 is 6.56. The number of hydrogen-bond donors (Lipinski definition) is 1. The first-order valence-electron chi connectivity index (χ1n) is 10.0. The van der Waals surface area contributed by atoms with Crippen LogP contribution in [0.5, 0.6) is 5.75 Å². The standard InChI is InChI=1S/C23H23BrN4O/c1-29-21-10-15(5-6-16(21)14-28-7-3-2-4-8-28)17-9-19-18-11-22(24)25-13-20(18)27-23(19)26-12-17/h5-6,9-13H,2-4,7-8,14H2,1H3,(H,26,27). The highest BCUT2D eigenvalue weighted by molar-refractivity contribution is 9.10. The van der Waals surface area contributed by atoms with Gasteiger partial charge in [-0.05, 0) is 65.6 Å². The highest BCUT2D eigenvalue weighted by Crippen LogP contribution is 2.32. The molecule has 0 atom stereocenters. The van der Waals surface area contributed by atoms with Crippen molar-refractivity contribution in [3.8, 4) is 16.9 Å². The van der Waals surface area contributed by atoms with Crippen LogP contribution in [0.15, 0.2) is 47.3 Å². The fourth-order valence-corrected chi connectivity index (χ4v) is 4.55. The molecule has 0 spiro atoms. The number of aromatic amines is 1. The van der Waals surface area contributed by atoms with Gasteiger partial charge in [-0.2, -0.15) is 0 Å². The van der Waals surface area contributed by atoms with Crippen molar-refractivity contribution in [2.75, 3.05) is 20.2 Å². The number of benzene rings is 1. The van der Waals surface area contributed by atoms with Crippen molar-refractivity contribution in [2.24, 2.45) is 0 Å². The van der Waals surface area contributed by atoms with Crippen LogP contribution in [0.4, 0.5) is 0 Å². The smallest absolute Gasteiger partial charge is 0.138 e. The van der Waals surface area contributed by atoms with Gasteiger partial charge in [-0.1, -0.05) is 18.6 Å². The molecule has 0 bridgehead atoms. The minimum atomic E-state index is 0.819. The van der Waals surface area contributed by atoms with E-state index in [1.165, 1.54) is 37.9 Å². The van der Waals surface area contributed by atoms with Crippen LogP contribution >= 0.6 is 15.9 Å². The Morgan fingerprint density at radius 3 is 2.69 bits per heavy atom. The summed E-state index contributed by atoms with van der Waals surface area (Å²) in [5.41, 5.74) is 5.30. The van der Waals surface area contributed by atoms with Gasteiger partial charge in [0.05, 0.1) is 18.8 Å². The van der Waals surface area contributed by atoms with Crippen molar-refractivity contribution in [3.63, 3.8) is 0 Å². The highest BCUT2D eigenvalue weighted by atomic mass is 79.9. The predicted molar refractivity (Wildman–Crippen MR) is 120 cm³/mol. The average Bonchev–Trinajstić information content (AvgIpc) is 3.12. The number of likely N-dealkylation sites (tertiary alicyclic amines) is 1. The van der Waals surface area contributed by atoms with E-state index in [4.69, 9.17) is 4.74 Å². The first-order chi connectivity index (χ1) is 14.2. The number of methoxy groups -OCH3 is 1. The molecular formula is C23H23BrN4O. The topological polar surface area (TPSA) is 54.0 Å². The molecule has 5 rings (SSSR count). The highest BCUT2D eigenvalue weighted by Gasteiger charge is 2.14. The average molecular weight is 451 g/mol. The lowest BCUT2D eigenvalue weighted by molar-refractivity contribution is 0.218. The second kappa shape index (κ2) is 7.76. The molecule has 1 N–H and O–H groups in total. The van der Waals surface area contributed by atoms with E-state index in [0.29, 0.717) is 0 Å². The van der Waals surface area contributed by atoms with E-state index < -0.39 is 0 Å². The molecule has 6 heteroatoms. The molecule has 5 nitrogen and oxygen atoms in total. The number of fused-ring (bicyclic) bond motifs is 3. The number of pyridine rings is 2. The van der Waals surface area contributed by atoms with Crippen LogP contribution in [0.2, 0.25) is 0 Å². The summed E-state index contributed by atoms with van der Waals surface area (Å²) in [6, 6.07) is 10.7. The molecule has 0 saturated carbocycles. The third-order valence-corrected chi connectivity index (χ3v) is 6.20. The van der Waals surface area contributed by atoms with Crippen molar-refractivity contribution < 1.29 is 4.74 Å². The molecular weight excluding hydrogens is 428 g/mol. The first kappa shape index (κ1) is 18.6. The molecule has 1 saturated heterocycles. The van der Waals surface area contributed by atoms with Gasteiger partial charge in [0.1, 0.15) is 16.0 Å². The zero-order chi connectivity index (χ0) is 19.8. The summed E-state index contributed by atoms with van der Waals surface area (Å²) in [5, 5.41) is 2.21. The number of H-pyrrole nitrogens is 1. The summed E-state index contributed by atoms with van der Waals surface area (Å²) in [4.78, 5) is 14.8. The zero-order valence-electron chi connectivity index (χ0n) is 16.4. The number of ether oxygens (including phenoxy) is 1. The van der Waals surface area contributed by atoms with Crippen molar-refractivity contribution >= 4 is 37.9 Å². The number of rotatable bonds is 4. The monoisotopic (exact) mass is 450 g/mol. The largest absolute Gasteiger partial charge is 0.496 e. The Balaban J connectivity index is 1.51. The van der Waals surface area contributed by atoms with Crippen molar-refractivity contribution in [1.29, 1.82) is 0 Å². The molecule has 0 unspecified atom stereocenters. The molecule has 0 aliphatic carbocycles. The van der Waals surface area contributed by atoms with Gasteiger partial charge in [0.15, 0.2) is 0 Å². The van der Waals surface area contributed by atoms with E-state index in [2.05, 4.69) is 60.0 Å². The van der Waals surface area contributed by atoms with Gasteiger partial charge in [-0.25, -0.2) is 9.97 Å². The summed E-state index contributed by atoms with van der Waals surface area (Å²) >= 11 is 3.47. The van der Waals surface area contributed by atoms with Gasteiger partial charge in [-0.15, -0.1) is 0 Å². The SMILES string of the molecule is COc1cc(-c2cnc3[nH]c4cnc(Br)cc4c3c2)ccc1CN1CCCCC1. The van der Waals surface area contributed by atoms with Crippen molar-refractivity contribution in [3.05, 3.63) is 52.9 Å². The van der Waals surface area contributed by atoms with Gasteiger partial charge in [0.2, 0.25) is 0 Å². The fraction of sp³-hybridized carbons (Fsp3) is 0.304. The number of nitrogens with zero attached hydrogens (tertiary/aromatic N) is 3. The van der Waals surface area contributed by atoms with E-state index in [9.17, 15) is 0 Å². The third kappa shape index (κ3) is 3.63. The third-order valence-electron chi connectivity index (χ3n) is 5.76.